The summed E-state index contributed by atoms with van der Waals surface area (Å²) in [5.41, 5.74) is 2.68. The molecule has 1 aromatic carbocycles. The summed E-state index contributed by atoms with van der Waals surface area (Å²) < 4.78 is 43.0. The Kier molecular flexibility index (Phi) is 7.13. The average Bonchev–Trinajstić information content (AvgIpc) is 2.67. The minimum atomic E-state index is -4.56. The molecule has 1 heterocycles. The van der Waals surface area contributed by atoms with Crippen LogP contribution in [0.1, 0.15) is 21.6 Å². The largest absolute Gasteiger partial charge is 0.465 e. The first kappa shape index (κ1) is 21.4. The summed E-state index contributed by atoms with van der Waals surface area (Å²) in [5.74, 6) is -0.485. The van der Waals surface area contributed by atoms with E-state index in [1.807, 2.05) is 0 Å². The van der Waals surface area contributed by atoms with Crippen molar-refractivity contribution in [2.24, 2.45) is 4.99 Å². The van der Waals surface area contributed by atoms with Crippen molar-refractivity contribution in [1.82, 2.24) is 10.5 Å². The maximum Gasteiger partial charge on any atom is 0.417 e. The van der Waals surface area contributed by atoms with Gasteiger partial charge in [-0.1, -0.05) is 11.6 Å². The van der Waals surface area contributed by atoms with Gasteiger partial charge in [0, 0.05) is 24.2 Å². The van der Waals surface area contributed by atoms with Gasteiger partial charge in [0.15, 0.2) is 0 Å². The highest BCUT2D eigenvalue weighted by atomic mass is 35.5. The number of hydroxylamine groups is 1. The Balaban J connectivity index is 2.32. The molecule has 28 heavy (non-hydrogen) atoms. The number of aromatic nitrogens is 1. The third kappa shape index (κ3) is 5.54. The van der Waals surface area contributed by atoms with Crippen LogP contribution in [0, 0.1) is 0 Å². The number of pyridine rings is 1. The second kappa shape index (κ2) is 9.34. The van der Waals surface area contributed by atoms with Gasteiger partial charge in [-0.3, -0.25) is 20.3 Å². The molecule has 2 rings (SSSR count). The molecule has 0 unspecified atom stereocenters. The van der Waals surface area contributed by atoms with Crippen molar-refractivity contribution in [3.8, 4) is 0 Å². The summed E-state index contributed by atoms with van der Waals surface area (Å²) in [6, 6.07) is 6.98. The molecule has 0 bridgehead atoms. The number of methoxy groups -OCH3 is 1. The van der Waals surface area contributed by atoms with Crippen molar-refractivity contribution in [2.45, 2.75) is 6.18 Å². The van der Waals surface area contributed by atoms with Gasteiger partial charge >= 0.3 is 12.1 Å². The van der Waals surface area contributed by atoms with Crippen molar-refractivity contribution in [3.63, 3.8) is 0 Å². The number of nitrogens with zero attached hydrogens (tertiary/aromatic N) is 2. The van der Waals surface area contributed by atoms with E-state index in [4.69, 9.17) is 16.4 Å². The van der Waals surface area contributed by atoms with Gasteiger partial charge in [0.1, 0.15) is 0 Å². The molecule has 0 radical (unpaired) electrons. The number of carbonyl (C=O) groups is 1. The Hall–Kier alpha value is -2.91. The second-order valence-corrected chi connectivity index (χ2v) is 5.68. The third-order valence-corrected chi connectivity index (χ3v) is 3.70. The Morgan fingerprint density at radius 1 is 1.25 bits per heavy atom. The van der Waals surface area contributed by atoms with Gasteiger partial charge in [0.05, 0.1) is 41.8 Å². The Bertz CT molecular complexity index is 897. The van der Waals surface area contributed by atoms with Gasteiger partial charge < -0.3 is 4.74 Å². The fourth-order valence-corrected chi connectivity index (χ4v) is 2.32. The fourth-order valence-electron chi connectivity index (χ4n) is 2.04. The van der Waals surface area contributed by atoms with E-state index in [0.29, 0.717) is 17.4 Å². The molecule has 0 aliphatic heterocycles. The van der Waals surface area contributed by atoms with E-state index in [2.05, 4.69) is 20.2 Å². The lowest BCUT2D eigenvalue weighted by Crippen LogP contribution is -2.08. The topological polar surface area (TPSA) is 72.8 Å². The van der Waals surface area contributed by atoms with Crippen molar-refractivity contribution >= 4 is 35.0 Å². The molecule has 0 fully saturated rings. The van der Waals surface area contributed by atoms with Gasteiger partial charge in [-0.05, 0) is 30.3 Å². The van der Waals surface area contributed by atoms with Gasteiger partial charge in [-0.25, -0.2) is 4.79 Å². The normalized spacial score (nSPS) is 12.3. The molecule has 0 saturated heterocycles. The van der Waals surface area contributed by atoms with E-state index >= 15 is 0 Å². The molecule has 10 heteroatoms. The Labute approximate surface area is 163 Å². The highest BCUT2D eigenvalue weighted by Crippen LogP contribution is 2.32. The Morgan fingerprint density at radius 3 is 2.46 bits per heavy atom. The van der Waals surface area contributed by atoms with E-state index in [9.17, 15) is 18.0 Å². The quantitative estimate of drug-likeness (QED) is 0.431. The highest BCUT2D eigenvalue weighted by molar-refractivity contribution is 6.33. The standard InChI is InChI=1S/C18H15ClF3N3O3/c1-27-17(26)11-3-5-14(6-4-11)23-8-12(9-25-28-2)16-15(19)7-13(10-24-16)18(20,21)22/h3-10,25H,1-2H3/b12-9-,23-8?. The molecule has 0 amide bonds. The van der Waals surface area contributed by atoms with Crippen LogP contribution in [0.5, 0.6) is 0 Å². The summed E-state index contributed by atoms with van der Waals surface area (Å²) in [4.78, 5) is 24.2. The van der Waals surface area contributed by atoms with Crippen LogP contribution in [0.3, 0.4) is 0 Å². The Morgan fingerprint density at radius 2 is 1.93 bits per heavy atom. The number of rotatable bonds is 6. The van der Waals surface area contributed by atoms with Crippen LogP contribution in [0.15, 0.2) is 47.7 Å². The lowest BCUT2D eigenvalue weighted by Gasteiger charge is -2.10. The van der Waals surface area contributed by atoms with Crippen LogP contribution in [0.25, 0.3) is 5.57 Å². The van der Waals surface area contributed by atoms with Gasteiger partial charge in [0.25, 0.3) is 0 Å². The lowest BCUT2D eigenvalue weighted by atomic mass is 10.1. The molecule has 1 N–H and O–H groups in total. The fraction of sp³-hybridized carbons (Fsp3) is 0.167. The summed E-state index contributed by atoms with van der Waals surface area (Å²) in [6.07, 6.45) is -1.19. The van der Waals surface area contributed by atoms with Crippen molar-refractivity contribution in [2.75, 3.05) is 14.2 Å². The monoisotopic (exact) mass is 413 g/mol. The summed E-state index contributed by atoms with van der Waals surface area (Å²) in [6.45, 7) is 0. The van der Waals surface area contributed by atoms with E-state index < -0.39 is 17.7 Å². The van der Waals surface area contributed by atoms with Crippen LogP contribution in [0.4, 0.5) is 18.9 Å². The number of esters is 1. The number of alkyl halides is 3. The number of aliphatic imine (C=N–C) groups is 1. The molecule has 0 atom stereocenters. The molecule has 0 aliphatic rings. The number of carbonyl (C=O) groups excluding carboxylic acids is 1. The summed E-state index contributed by atoms with van der Waals surface area (Å²) in [7, 11) is 2.63. The highest BCUT2D eigenvalue weighted by Gasteiger charge is 2.31. The SMILES string of the molecule is CON/C=C(/C=Nc1ccc(C(=O)OC)cc1)c1ncc(C(F)(F)F)cc1Cl. The van der Waals surface area contributed by atoms with Crippen LogP contribution < -0.4 is 5.48 Å². The molecule has 148 valence electrons. The average molecular weight is 414 g/mol. The number of ether oxygens (including phenoxy) is 1. The van der Waals surface area contributed by atoms with E-state index in [-0.39, 0.29) is 16.3 Å². The minimum absolute atomic E-state index is 0.0779. The number of halogens is 4. The van der Waals surface area contributed by atoms with Crippen LogP contribution in [-0.4, -0.2) is 31.4 Å². The molecule has 0 aliphatic carbocycles. The first-order chi connectivity index (χ1) is 13.3. The smallest absolute Gasteiger partial charge is 0.417 e. The van der Waals surface area contributed by atoms with Crippen LogP contribution in [-0.2, 0) is 15.8 Å². The maximum absolute atomic E-state index is 12.8. The number of hydrogen-bond donors (Lipinski definition) is 1. The molecule has 2 aromatic rings. The molecular weight excluding hydrogens is 399 g/mol. The second-order valence-electron chi connectivity index (χ2n) is 5.27. The summed E-state index contributed by atoms with van der Waals surface area (Å²) >= 11 is 5.98. The zero-order valence-electron chi connectivity index (χ0n) is 14.7. The number of nitrogens with one attached hydrogen (secondary N) is 1. The van der Waals surface area contributed by atoms with Crippen LogP contribution in [0.2, 0.25) is 5.02 Å². The third-order valence-electron chi connectivity index (χ3n) is 3.42. The van der Waals surface area contributed by atoms with Crippen molar-refractivity contribution in [3.05, 3.63) is 64.6 Å². The zero-order valence-corrected chi connectivity index (χ0v) is 15.5. The zero-order chi connectivity index (χ0) is 20.7. The molecule has 0 spiro atoms. The number of benzene rings is 1. The minimum Gasteiger partial charge on any atom is -0.465 e. The molecule has 0 saturated carbocycles. The van der Waals surface area contributed by atoms with E-state index in [1.165, 1.54) is 38.8 Å². The predicted molar refractivity (Wildman–Crippen MR) is 98.3 cm³/mol. The lowest BCUT2D eigenvalue weighted by molar-refractivity contribution is -0.137. The molecule has 6 nitrogen and oxygen atoms in total. The van der Waals surface area contributed by atoms with Crippen LogP contribution >= 0.6 is 11.6 Å². The van der Waals surface area contributed by atoms with Crippen molar-refractivity contribution < 1.29 is 27.5 Å². The van der Waals surface area contributed by atoms with E-state index in [1.54, 1.807) is 12.1 Å². The first-order valence-corrected chi connectivity index (χ1v) is 8.08. The molecule has 1 aromatic heterocycles. The summed E-state index contributed by atoms with van der Waals surface area (Å²) in [5, 5.41) is -0.202. The van der Waals surface area contributed by atoms with E-state index in [0.717, 1.165) is 6.07 Å². The van der Waals surface area contributed by atoms with Gasteiger partial charge in [-0.15, -0.1) is 0 Å². The predicted octanol–water partition coefficient (Wildman–Crippen LogP) is 4.43. The van der Waals surface area contributed by atoms with Crippen molar-refractivity contribution in [1.29, 1.82) is 0 Å². The number of hydrogen-bond acceptors (Lipinski definition) is 6. The first-order valence-electron chi connectivity index (χ1n) is 7.70. The maximum atomic E-state index is 12.8. The van der Waals surface area contributed by atoms with Gasteiger partial charge in [-0.2, -0.15) is 13.2 Å². The van der Waals surface area contributed by atoms with Gasteiger partial charge in [0.2, 0.25) is 0 Å². The number of allylic oxidation sites excluding steroid dienone is 1. The molecular formula is C18H15ClF3N3O3.